The first-order valence-corrected chi connectivity index (χ1v) is 7.87. The predicted molar refractivity (Wildman–Crippen MR) is 79.8 cm³/mol. The molecule has 0 radical (unpaired) electrons. The van der Waals surface area contributed by atoms with Crippen LogP contribution >= 0.6 is 0 Å². The van der Waals surface area contributed by atoms with E-state index in [-0.39, 0.29) is 17.7 Å². The molecule has 0 amide bonds. The van der Waals surface area contributed by atoms with E-state index < -0.39 is 0 Å². The molecular formula is C17H25NO2. The number of benzene rings is 1. The van der Waals surface area contributed by atoms with Gasteiger partial charge >= 0.3 is 0 Å². The molecule has 1 aromatic carbocycles. The van der Waals surface area contributed by atoms with Crippen LogP contribution in [0.15, 0.2) is 24.3 Å². The summed E-state index contributed by atoms with van der Waals surface area (Å²) in [4.78, 5) is 0. The molecule has 0 aromatic heterocycles. The summed E-state index contributed by atoms with van der Waals surface area (Å²) in [6, 6.07) is 8.26. The van der Waals surface area contributed by atoms with Crippen molar-refractivity contribution in [2.45, 2.75) is 63.2 Å². The molecule has 1 aliphatic carbocycles. The highest BCUT2D eigenvalue weighted by Gasteiger charge is 2.43. The second-order valence-electron chi connectivity index (χ2n) is 6.17. The average molecular weight is 275 g/mol. The lowest BCUT2D eigenvalue weighted by molar-refractivity contribution is -0.153. The van der Waals surface area contributed by atoms with Crippen LogP contribution in [0, 0.1) is 0 Å². The molecule has 3 nitrogen and oxygen atoms in total. The molecule has 1 saturated heterocycles. The quantitative estimate of drug-likeness (QED) is 0.913. The van der Waals surface area contributed by atoms with Gasteiger partial charge in [-0.2, -0.15) is 0 Å². The van der Waals surface area contributed by atoms with E-state index in [4.69, 9.17) is 15.2 Å². The molecule has 1 aliphatic heterocycles. The Kier molecular flexibility index (Phi) is 3.99. The molecule has 3 rings (SSSR count). The smallest absolute Gasteiger partial charge is 0.124 e. The van der Waals surface area contributed by atoms with Crippen molar-refractivity contribution < 1.29 is 9.47 Å². The molecule has 1 saturated carbocycles. The minimum atomic E-state index is 0.0590. The van der Waals surface area contributed by atoms with E-state index in [0.717, 1.165) is 37.2 Å². The molecule has 2 atom stereocenters. The van der Waals surface area contributed by atoms with Crippen LogP contribution in [0.4, 0.5) is 0 Å². The Labute approximate surface area is 121 Å². The van der Waals surface area contributed by atoms with Crippen LogP contribution in [0.2, 0.25) is 0 Å². The summed E-state index contributed by atoms with van der Waals surface area (Å²) < 4.78 is 12.2. The van der Waals surface area contributed by atoms with Crippen molar-refractivity contribution in [3.63, 3.8) is 0 Å². The van der Waals surface area contributed by atoms with Crippen LogP contribution in [0.1, 0.15) is 57.1 Å². The van der Waals surface area contributed by atoms with Gasteiger partial charge in [0.2, 0.25) is 0 Å². The largest absolute Gasteiger partial charge is 0.490 e. The third-order valence-corrected chi connectivity index (χ3v) is 4.76. The van der Waals surface area contributed by atoms with E-state index in [9.17, 15) is 0 Å². The average Bonchev–Trinajstić information content (AvgIpc) is 2.46. The highest BCUT2D eigenvalue weighted by molar-refractivity contribution is 5.36. The number of rotatable bonds is 4. The van der Waals surface area contributed by atoms with Crippen molar-refractivity contribution in [2.24, 2.45) is 5.73 Å². The van der Waals surface area contributed by atoms with Crippen LogP contribution in [0.25, 0.3) is 0 Å². The normalized spacial score (nSPS) is 26.0. The molecule has 2 fully saturated rings. The molecule has 20 heavy (non-hydrogen) atoms. The van der Waals surface area contributed by atoms with Crippen molar-refractivity contribution in [1.82, 2.24) is 0 Å². The van der Waals surface area contributed by atoms with E-state index in [1.165, 1.54) is 19.3 Å². The van der Waals surface area contributed by atoms with Crippen LogP contribution < -0.4 is 10.5 Å². The lowest BCUT2D eigenvalue weighted by atomic mass is 9.74. The van der Waals surface area contributed by atoms with Crippen LogP contribution in [-0.2, 0) is 4.74 Å². The molecule has 3 heteroatoms. The third kappa shape index (κ3) is 2.70. The summed E-state index contributed by atoms with van der Waals surface area (Å²) in [6.07, 6.45) is 6.91. The SMILES string of the molecule is CC[C@@H](N)c1ccccc1OC1CCOC2(CCC2)C1. The second-order valence-corrected chi connectivity index (χ2v) is 6.17. The fourth-order valence-corrected chi connectivity index (χ4v) is 3.30. The van der Waals surface area contributed by atoms with Crippen LogP contribution in [0.3, 0.4) is 0 Å². The first-order valence-electron chi connectivity index (χ1n) is 7.87. The molecule has 2 N–H and O–H groups in total. The van der Waals surface area contributed by atoms with E-state index in [0.29, 0.717) is 0 Å². The van der Waals surface area contributed by atoms with E-state index >= 15 is 0 Å². The third-order valence-electron chi connectivity index (χ3n) is 4.76. The Morgan fingerprint density at radius 2 is 2.20 bits per heavy atom. The minimum Gasteiger partial charge on any atom is -0.490 e. The van der Waals surface area contributed by atoms with Crippen molar-refractivity contribution in [3.8, 4) is 5.75 Å². The van der Waals surface area contributed by atoms with Crippen molar-refractivity contribution >= 4 is 0 Å². The topological polar surface area (TPSA) is 44.5 Å². The number of para-hydroxylation sites is 1. The summed E-state index contributed by atoms with van der Waals surface area (Å²) in [6.45, 7) is 2.94. The zero-order valence-corrected chi connectivity index (χ0v) is 12.3. The monoisotopic (exact) mass is 275 g/mol. The summed E-state index contributed by atoms with van der Waals surface area (Å²) >= 11 is 0. The Hall–Kier alpha value is -1.06. The van der Waals surface area contributed by atoms with Gasteiger partial charge in [-0.1, -0.05) is 25.1 Å². The second kappa shape index (κ2) is 5.74. The molecule has 110 valence electrons. The standard InChI is InChI=1S/C17H25NO2/c1-2-15(18)14-6-3-4-7-16(14)20-13-8-11-19-17(12-13)9-5-10-17/h3-4,6-7,13,15H,2,5,8-12,18H2,1H3/t13?,15-/m1/s1. The molecule has 1 aromatic rings. The van der Waals surface area contributed by atoms with Gasteiger partial charge in [-0.05, 0) is 31.7 Å². The van der Waals surface area contributed by atoms with E-state index in [1.54, 1.807) is 0 Å². The van der Waals surface area contributed by atoms with Crippen molar-refractivity contribution in [2.75, 3.05) is 6.61 Å². The maximum Gasteiger partial charge on any atom is 0.124 e. The Morgan fingerprint density at radius 1 is 1.40 bits per heavy atom. The fourth-order valence-electron chi connectivity index (χ4n) is 3.30. The number of hydrogen-bond acceptors (Lipinski definition) is 3. The zero-order valence-electron chi connectivity index (χ0n) is 12.3. The van der Waals surface area contributed by atoms with Gasteiger partial charge in [-0.3, -0.25) is 0 Å². The Balaban J connectivity index is 1.71. The van der Waals surface area contributed by atoms with Gasteiger partial charge < -0.3 is 15.2 Å². The van der Waals surface area contributed by atoms with Gasteiger partial charge in [0.25, 0.3) is 0 Å². The van der Waals surface area contributed by atoms with Gasteiger partial charge in [0.15, 0.2) is 0 Å². The maximum absolute atomic E-state index is 6.28. The first-order chi connectivity index (χ1) is 9.72. The Morgan fingerprint density at radius 3 is 2.90 bits per heavy atom. The zero-order chi connectivity index (χ0) is 14.0. The van der Waals surface area contributed by atoms with Crippen molar-refractivity contribution in [3.05, 3.63) is 29.8 Å². The van der Waals surface area contributed by atoms with Gasteiger partial charge in [0.05, 0.1) is 12.2 Å². The number of hydrogen-bond donors (Lipinski definition) is 1. The number of nitrogens with two attached hydrogens (primary N) is 1. The van der Waals surface area contributed by atoms with Crippen LogP contribution in [0.5, 0.6) is 5.75 Å². The van der Waals surface area contributed by atoms with Gasteiger partial charge in [-0.25, -0.2) is 0 Å². The van der Waals surface area contributed by atoms with E-state index in [2.05, 4.69) is 13.0 Å². The lowest BCUT2D eigenvalue weighted by Crippen LogP contribution is -2.48. The molecule has 1 spiro atoms. The summed E-state index contributed by atoms with van der Waals surface area (Å²) in [5.74, 6) is 0.961. The van der Waals surface area contributed by atoms with Crippen LogP contribution in [-0.4, -0.2) is 18.3 Å². The predicted octanol–water partition coefficient (Wildman–Crippen LogP) is 3.58. The van der Waals surface area contributed by atoms with Gasteiger partial charge in [-0.15, -0.1) is 0 Å². The van der Waals surface area contributed by atoms with Crippen molar-refractivity contribution in [1.29, 1.82) is 0 Å². The summed E-state index contributed by atoms with van der Waals surface area (Å²) in [5, 5.41) is 0. The molecule has 2 aliphatic rings. The fraction of sp³-hybridized carbons (Fsp3) is 0.647. The molecule has 1 unspecified atom stereocenters. The van der Waals surface area contributed by atoms with Gasteiger partial charge in [0.1, 0.15) is 11.9 Å². The minimum absolute atomic E-state index is 0.0590. The summed E-state index contributed by atoms with van der Waals surface area (Å²) in [5.41, 5.74) is 7.44. The van der Waals surface area contributed by atoms with Gasteiger partial charge in [0, 0.05) is 24.4 Å². The molecule has 1 heterocycles. The highest BCUT2D eigenvalue weighted by Crippen LogP contribution is 2.43. The first kappa shape index (κ1) is 13.9. The Bertz CT molecular complexity index is 456. The summed E-state index contributed by atoms with van der Waals surface area (Å²) in [7, 11) is 0. The molecule has 0 bridgehead atoms. The molecular weight excluding hydrogens is 250 g/mol. The highest BCUT2D eigenvalue weighted by atomic mass is 16.5. The maximum atomic E-state index is 6.28. The number of ether oxygens (including phenoxy) is 2. The lowest BCUT2D eigenvalue weighted by Gasteiger charge is -2.47. The van der Waals surface area contributed by atoms with E-state index in [1.807, 2.05) is 18.2 Å².